The van der Waals surface area contributed by atoms with Crippen molar-refractivity contribution in [1.82, 2.24) is 20.3 Å². The summed E-state index contributed by atoms with van der Waals surface area (Å²) >= 11 is 0. The minimum absolute atomic E-state index is 0.292. The lowest BCUT2D eigenvalue weighted by Gasteiger charge is -2.34. The van der Waals surface area contributed by atoms with Gasteiger partial charge in [0.25, 0.3) is 5.91 Å². The monoisotopic (exact) mass is 336 g/mol. The summed E-state index contributed by atoms with van der Waals surface area (Å²) in [6.07, 6.45) is 1.32. The minimum Gasteiger partial charge on any atom is -0.445 e. The van der Waals surface area contributed by atoms with Crippen LogP contribution in [0.5, 0.6) is 0 Å². The molecule has 0 aliphatic carbocycles. The normalized spacial score (nSPS) is 20.7. The molecular weight excluding hydrogens is 308 g/mol. The van der Waals surface area contributed by atoms with Gasteiger partial charge in [0.2, 0.25) is 6.10 Å². The Kier molecular flexibility index (Phi) is 5.30. The minimum atomic E-state index is -0.886. The van der Waals surface area contributed by atoms with E-state index in [-0.39, 0.29) is 11.9 Å². The van der Waals surface area contributed by atoms with E-state index in [1.54, 1.807) is 4.68 Å². The molecule has 0 fully saturated rings. The van der Waals surface area contributed by atoms with E-state index >= 15 is 0 Å². The highest BCUT2D eigenvalue weighted by Gasteiger charge is 2.43. The molecule has 7 nitrogen and oxygen atoms in total. The molecule has 7 heteroatoms. The summed E-state index contributed by atoms with van der Waals surface area (Å²) in [5.41, 5.74) is 0.635. The van der Waals surface area contributed by atoms with Gasteiger partial charge >= 0.3 is 5.97 Å². The van der Waals surface area contributed by atoms with Gasteiger partial charge < -0.3 is 10.1 Å². The first-order valence-electron chi connectivity index (χ1n) is 8.61. The maximum Gasteiger partial charge on any atom is 0.359 e. The standard InChI is InChI=1S/C17H28N4O3/c1-7-8-11-13-16(23)24-14(15(22)18-17(4,5)6)12(9-10(2)3)21(13)20-19-11/h10,12,14H,7-9H2,1-6H3,(H,18,22). The van der Waals surface area contributed by atoms with Crippen molar-refractivity contribution in [2.24, 2.45) is 5.92 Å². The molecule has 24 heavy (non-hydrogen) atoms. The summed E-state index contributed by atoms with van der Waals surface area (Å²) in [5.74, 6) is -0.486. The third-order valence-corrected chi connectivity index (χ3v) is 3.81. The first-order chi connectivity index (χ1) is 11.1. The summed E-state index contributed by atoms with van der Waals surface area (Å²) in [4.78, 5) is 25.1. The van der Waals surface area contributed by atoms with E-state index in [9.17, 15) is 9.59 Å². The van der Waals surface area contributed by atoms with Gasteiger partial charge in [0.05, 0.1) is 5.69 Å². The van der Waals surface area contributed by atoms with Crippen LogP contribution in [-0.2, 0) is 16.0 Å². The van der Waals surface area contributed by atoms with Crippen LogP contribution in [0.4, 0.5) is 0 Å². The zero-order chi connectivity index (χ0) is 18.1. The molecule has 1 aromatic rings. The highest BCUT2D eigenvalue weighted by molar-refractivity contribution is 5.93. The number of hydrogen-bond acceptors (Lipinski definition) is 5. The van der Waals surface area contributed by atoms with Crippen molar-refractivity contribution in [2.75, 3.05) is 0 Å². The van der Waals surface area contributed by atoms with E-state index in [0.29, 0.717) is 30.1 Å². The number of rotatable bonds is 5. The van der Waals surface area contributed by atoms with Crippen LogP contribution in [0, 0.1) is 5.92 Å². The Labute approximate surface area is 143 Å². The zero-order valence-electron chi connectivity index (χ0n) is 15.4. The molecule has 134 valence electrons. The average Bonchev–Trinajstić information content (AvgIpc) is 2.84. The Balaban J connectivity index is 2.39. The van der Waals surface area contributed by atoms with E-state index in [4.69, 9.17) is 4.74 Å². The number of fused-ring (bicyclic) bond motifs is 1. The van der Waals surface area contributed by atoms with Crippen LogP contribution in [0.15, 0.2) is 0 Å². The fourth-order valence-electron chi connectivity index (χ4n) is 2.93. The van der Waals surface area contributed by atoms with E-state index in [1.807, 2.05) is 27.7 Å². The number of carbonyl (C=O) groups excluding carboxylic acids is 2. The Morgan fingerprint density at radius 3 is 2.58 bits per heavy atom. The van der Waals surface area contributed by atoms with Gasteiger partial charge in [-0.05, 0) is 39.5 Å². The second-order valence-corrected chi connectivity index (χ2v) is 7.84. The van der Waals surface area contributed by atoms with E-state index in [1.165, 1.54) is 0 Å². The molecule has 0 saturated carbocycles. The van der Waals surface area contributed by atoms with E-state index < -0.39 is 17.6 Å². The predicted molar refractivity (Wildman–Crippen MR) is 89.6 cm³/mol. The lowest BCUT2D eigenvalue weighted by molar-refractivity contribution is -0.135. The van der Waals surface area contributed by atoms with Crippen LogP contribution < -0.4 is 5.32 Å². The highest BCUT2D eigenvalue weighted by Crippen LogP contribution is 2.31. The van der Waals surface area contributed by atoms with Crippen LogP contribution in [0.2, 0.25) is 0 Å². The number of cyclic esters (lactones) is 1. The topological polar surface area (TPSA) is 86.1 Å². The molecular formula is C17H28N4O3. The molecule has 2 unspecified atom stereocenters. The van der Waals surface area contributed by atoms with Crippen molar-refractivity contribution in [2.45, 2.75) is 78.5 Å². The van der Waals surface area contributed by atoms with Gasteiger partial charge in [-0.15, -0.1) is 5.10 Å². The van der Waals surface area contributed by atoms with Gasteiger partial charge in [0.1, 0.15) is 6.04 Å². The molecule has 0 radical (unpaired) electrons. The van der Waals surface area contributed by atoms with E-state index in [0.717, 1.165) is 6.42 Å². The third-order valence-electron chi connectivity index (χ3n) is 3.81. The number of nitrogens with one attached hydrogen (secondary N) is 1. The number of carbonyl (C=O) groups is 2. The van der Waals surface area contributed by atoms with Crippen LogP contribution in [0.1, 0.15) is 76.6 Å². The lowest BCUT2D eigenvalue weighted by Crippen LogP contribution is -2.52. The van der Waals surface area contributed by atoms with Crippen molar-refractivity contribution in [1.29, 1.82) is 0 Å². The van der Waals surface area contributed by atoms with Crippen molar-refractivity contribution in [3.63, 3.8) is 0 Å². The molecule has 0 spiro atoms. The van der Waals surface area contributed by atoms with Crippen LogP contribution >= 0.6 is 0 Å². The van der Waals surface area contributed by atoms with Gasteiger partial charge in [0, 0.05) is 5.54 Å². The smallest absolute Gasteiger partial charge is 0.359 e. The van der Waals surface area contributed by atoms with Crippen molar-refractivity contribution >= 4 is 11.9 Å². The number of aryl methyl sites for hydroxylation is 1. The summed E-state index contributed by atoms with van der Waals surface area (Å²) in [7, 11) is 0. The molecule has 0 aromatic carbocycles. The molecule has 2 atom stereocenters. The summed E-state index contributed by atoms with van der Waals surface area (Å²) < 4.78 is 7.13. The Bertz CT molecular complexity index is 616. The Hall–Kier alpha value is -1.92. The highest BCUT2D eigenvalue weighted by atomic mass is 16.6. The number of amides is 1. The summed E-state index contributed by atoms with van der Waals surface area (Å²) in [6.45, 7) is 11.8. The predicted octanol–water partition coefficient (Wildman–Crippen LogP) is 2.27. The van der Waals surface area contributed by atoms with E-state index in [2.05, 4.69) is 29.5 Å². The van der Waals surface area contributed by atoms with Crippen molar-refractivity contribution < 1.29 is 14.3 Å². The number of esters is 1. The number of hydrogen-bond donors (Lipinski definition) is 1. The zero-order valence-corrected chi connectivity index (χ0v) is 15.4. The first-order valence-corrected chi connectivity index (χ1v) is 8.61. The fourth-order valence-corrected chi connectivity index (χ4v) is 2.93. The third kappa shape index (κ3) is 3.94. The van der Waals surface area contributed by atoms with Gasteiger partial charge in [-0.25, -0.2) is 9.48 Å². The average molecular weight is 336 g/mol. The lowest BCUT2D eigenvalue weighted by atomic mass is 9.96. The maximum absolute atomic E-state index is 12.6. The largest absolute Gasteiger partial charge is 0.445 e. The summed E-state index contributed by atoms with van der Waals surface area (Å²) in [5, 5.41) is 11.2. The summed E-state index contributed by atoms with van der Waals surface area (Å²) in [6, 6.07) is -0.335. The molecule has 2 heterocycles. The van der Waals surface area contributed by atoms with Gasteiger partial charge in [-0.3, -0.25) is 4.79 Å². The van der Waals surface area contributed by atoms with Crippen LogP contribution in [0.3, 0.4) is 0 Å². The van der Waals surface area contributed by atoms with Crippen LogP contribution in [-0.4, -0.2) is 38.5 Å². The van der Waals surface area contributed by atoms with Gasteiger partial charge in [-0.1, -0.05) is 32.4 Å². The van der Waals surface area contributed by atoms with Crippen molar-refractivity contribution in [3.8, 4) is 0 Å². The Morgan fingerprint density at radius 2 is 2.04 bits per heavy atom. The van der Waals surface area contributed by atoms with Gasteiger partial charge in [-0.2, -0.15) is 0 Å². The SMILES string of the molecule is CCCc1nnn2c1C(=O)OC(C(=O)NC(C)(C)C)C2CC(C)C. The molecule has 2 rings (SSSR count). The second-order valence-electron chi connectivity index (χ2n) is 7.84. The molecule has 1 aromatic heterocycles. The number of nitrogens with zero attached hydrogens (tertiary/aromatic N) is 3. The molecule has 1 amide bonds. The number of ether oxygens (including phenoxy) is 1. The fraction of sp³-hybridized carbons (Fsp3) is 0.765. The first kappa shape index (κ1) is 18.4. The molecule has 0 bridgehead atoms. The quantitative estimate of drug-likeness (QED) is 0.834. The van der Waals surface area contributed by atoms with Crippen molar-refractivity contribution in [3.05, 3.63) is 11.4 Å². The van der Waals surface area contributed by atoms with Gasteiger partial charge in [0.15, 0.2) is 5.69 Å². The molecule has 0 saturated heterocycles. The maximum atomic E-state index is 12.6. The van der Waals surface area contributed by atoms with Crippen LogP contribution in [0.25, 0.3) is 0 Å². The Morgan fingerprint density at radius 1 is 1.38 bits per heavy atom. The molecule has 1 aliphatic heterocycles. The molecule has 1 N–H and O–H groups in total. The molecule has 1 aliphatic rings. The second kappa shape index (κ2) is 6.91. The number of aromatic nitrogens is 3.